The van der Waals surface area contributed by atoms with Crippen LogP contribution in [0.15, 0.2) is 0 Å². The SMILES string of the molecule is CCN(CC)CCCN(CC)c1c(N)c(C)nn1C(C)C. The first-order chi connectivity index (χ1) is 9.96. The fourth-order valence-corrected chi connectivity index (χ4v) is 2.66. The maximum Gasteiger partial charge on any atom is 0.150 e. The molecule has 0 aromatic carbocycles. The first-order valence-electron chi connectivity index (χ1n) is 8.27. The van der Waals surface area contributed by atoms with Gasteiger partial charge in [0.05, 0.1) is 11.4 Å². The molecule has 0 spiro atoms. The van der Waals surface area contributed by atoms with Crippen molar-refractivity contribution in [2.75, 3.05) is 43.4 Å². The predicted molar refractivity (Wildman–Crippen MR) is 92.1 cm³/mol. The van der Waals surface area contributed by atoms with Crippen LogP contribution in [0.25, 0.3) is 0 Å². The molecular weight excluding hydrogens is 262 g/mol. The Labute approximate surface area is 130 Å². The Hall–Kier alpha value is -1.23. The van der Waals surface area contributed by atoms with Gasteiger partial charge in [0.2, 0.25) is 0 Å². The van der Waals surface area contributed by atoms with Crippen LogP contribution in [0, 0.1) is 6.92 Å². The molecule has 0 radical (unpaired) electrons. The minimum Gasteiger partial charge on any atom is -0.394 e. The molecule has 21 heavy (non-hydrogen) atoms. The van der Waals surface area contributed by atoms with E-state index in [1.54, 1.807) is 0 Å². The van der Waals surface area contributed by atoms with Gasteiger partial charge in [-0.05, 0) is 53.8 Å². The van der Waals surface area contributed by atoms with Gasteiger partial charge in [0.1, 0.15) is 0 Å². The maximum atomic E-state index is 6.27. The molecule has 0 atom stereocenters. The minimum atomic E-state index is 0.327. The van der Waals surface area contributed by atoms with Gasteiger partial charge >= 0.3 is 0 Å². The fourth-order valence-electron chi connectivity index (χ4n) is 2.66. The highest BCUT2D eigenvalue weighted by Crippen LogP contribution is 2.29. The number of anilines is 2. The fraction of sp³-hybridized carbons (Fsp3) is 0.812. The highest BCUT2D eigenvalue weighted by Gasteiger charge is 2.19. The van der Waals surface area contributed by atoms with E-state index < -0.39 is 0 Å². The Morgan fingerprint density at radius 3 is 2.19 bits per heavy atom. The molecule has 0 unspecified atom stereocenters. The van der Waals surface area contributed by atoms with E-state index >= 15 is 0 Å². The van der Waals surface area contributed by atoms with Crippen molar-refractivity contribution in [1.29, 1.82) is 0 Å². The van der Waals surface area contributed by atoms with Crippen molar-refractivity contribution in [3.05, 3.63) is 5.69 Å². The molecule has 1 heterocycles. The summed E-state index contributed by atoms with van der Waals surface area (Å²) < 4.78 is 2.06. The summed E-state index contributed by atoms with van der Waals surface area (Å²) in [6.07, 6.45) is 1.15. The summed E-state index contributed by atoms with van der Waals surface area (Å²) in [7, 11) is 0. The summed E-state index contributed by atoms with van der Waals surface area (Å²) in [5.41, 5.74) is 8.02. The minimum absolute atomic E-state index is 0.327. The number of hydrogen-bond donors (Lipinski definition) is 1. The molecule has 5 nitrogen and oxygen atoms in total. The summed E-state index contributed by atoms with van der Waals surface area (Å²) in [5.74, 6) is 1.09. The summed E-state index contributed by atoms with van der Waals surface area (Å²) in [5, 5.41) is 4.59. The zero-order valence-electron chi connectivity index (χ0n) is 14.7. The number of nitrogen functional groups attached to an aromatic ring is 1. The summed E-state index contributed by atoms with van der Waals surface area (Å²) in [4.78, 5) is 4.82. The molecule has 5 heteroatoms. The zero-order chi connectivity index (χ0) is 16.0. The first kappa shape index (κ1) is 17.8. The first-order valence-corrected chi connectivity index (χ1v) is 8.27. The maximum absolute atomic E-state index is 6.27. The van der Waals surface area contributed by atoms with Crippen LogP contribution in [-0.4, -0.2) is 47.4 Å². The van der Waals surface area contributed by atoms with E-state index in [-0.39, 0.29) is 0 Å². The number of nitrogens with two attached hydrogens (primary N) is 1. The van der Waals surface area contributed by atoms with Gasteiger partial charge in [-0.15, -0.1) is 0 Å². The average Bonchev–Trinajstić information content (AvgIpc) is 2.76. The van der Waals surface area contributed by atoms with Crippen LogP contribution in [0.1, 0.15) is 52.8 Å². The van der Waals surface area contributed by atoms with E-state index in [1.807, 2.05) is 6.92 Å². The van der Waals surface area contributed by atoms with Crippen LogP contribution in [0.4, 0.5) is 11.5 Å². The second-order valence-corrected chi connectivity index (χ2v) is 5.82. The number of aryl methyl sites for hydroxylation is 1. The van der Waals surface area contributed by atoms with Crippen molar-refractivity contribution >= 4 is 11.5 Å². The lowest BCUT2D eigenvalue weighted by Crippen LogP contribution is -2.31. The van der Waals surface area contributed by atoms with Gasteiger partial charge in [-0.1, -0.05) is 13.8 Å². The molecule has 0 fully saturated rings. The van der Waals surface area contributed by atoms with Crippen LogP contribution in [-0.2, 0) is 0 Å². The van der Waals surface area contributed by atoms with Crippen LogP contribution < -0.4 is 10.6 Å². The Kier molecular flexibility index (Phi) is 7.02. The van der Waals surface area contributed by atoms with Crippen molar-refractivity contribution in [2.24, 2.45) is 0 Å². The van der Waals surface area contributed by atoms with E-state index in [4.69, 9.17) is 5.73 Å². The molecular formula is C16H33N5. The molecule has 1 rings (SSSR count). The Morgan fingerprint density at radius 2 is 1.71 bits per heavy atom. The summed E-state index contributed by atoms with van der Waals surface area (Å²) in [6, 6.07) is 0.327. The van der Waals surface area contributed by atoms with Crippen LogP contribution >= 0.6 is 0 Å². The molecule has 0 saturated carbocycles. The second-order valence-electron chi connectivity index (χ2n) is 5.82. The molecule has 1 aromatic rings. The summed E-state index contributed by atoms with van der Waals surface area (Å²) in [6.45, 7) is 18.3. The van der Waals surface area contributed by atoms with Crippen LogP contribution in [0.3, 0.4) is 0 Å². The van der Waals surface area contributed by atoms with Crippen molar-refractivity contribution in [3.8, 4) is 0 Å². The topological polar surface area (TPSA) is 50.3 Å². The Morgan fingerprint density at radius 1 is 1.10 bits per heavy atom. The lowest BCUT2D eigenvalue weighted by Gasteiger charge is -2.27. The smallest absolute Gasteiger partial charge is 0.150 e. The third-order valence-corrected chi connectivity index (χ3v) is 4.07. The lowest BCUT2D eigenvalue weighted by molar-refractivity contribution is 0.300. The molecule has 0 bridgehead atoms. The second kappa shape index (κ2) is 8.27. The van der Waals surface area contributed by atoms with E-state index in [0.717, 1.165) is 56.3 Å². The Balaban J connectivity index is 2.81. The van der Waals surface area contributed by atoms with Gasteiger partial charge in [0, 0.05) is 19.1 Å². The van der Waals surface area contributed by atoms with Gasteiger partial charge < -0.3 is 15.5 Å². The monoisotopic (exact) mass is 295 g/mol. The Bertz CT molecular complexity index is 421. The molecule has 1 aromatic heterocycles. The molecule has 0 aliphatic carbocycles. The third-order valence-electron chi connectivity index (χ3n) is 4.07. The molecule has 0 amide bonds. The molecule has 0 aliphatic rings. The van der Waals surface area contributed by atoms with E-state index in [1.165, 1.54) is 0 Å². The van der Waals surface area contributed by atoms with Crippen molar-refractivity contribution in [2.45, 2.75) is 54.0 Å². The van der Waals surface area contributed by atoms with Crippen molar-refractivity contribution in [3.63, 3.8) is 0 Å². The molecule has 0 saturated heterocycles. The van der Waals surface area contributed by atoms with Gasteiger partial charge in [-0.25, -0.2) is 4.68 Å². The predicted octanol–water partition coefficient (Wildman–Crippen LogP) is 2.91. The lowest BCUT2D eigenvalue weighted by atomic mass is 10.3. The number of aromatic nitrogens is 2. The molecule has 0 aliphatic heterocycles. The van der Waals surface area contributed by atoms with Gasteiger partial charge in [-0.3, -0.25) is 0 Å². The highest BCUT2D eigenvalue weighted by atomic mass is 15.4. The van der Waals surface area contributed by atoms with E-state index in [0.29, 0.717) is 6.04 Å². The third kappa shape index (κ3) is 4.37. The number of nitrogens with zero attached hydrogens (tertiary/aromatic N) is 4. The number of hydrogen-bond acceptors (Lipinski definition) is 4. The van der Waals surface area contributed by atoms with E-state index in [2.05, 4.69) is 54.2 Å². The van der Waals surface area contributed by atoms with Crippen molar-refractivity contribution < 1.29 is 0 Å². The standard InChI is InChI=1S/C16H33N5/c1-7-19(8-2)11-10-12-20(9-3)16-15(17)14(6)18-21(16)13(4)5/h13H,7-12,17H2,1-6H3. The van der Waals surface area contributed by atoms with Gasteiger partial charge in [-0.2, -0.15) is 5.10 Å². The highest BCUT2D eigenvalue weighted by molar-refractivity contribution is 5.66. The quantitative estimate of drug-likeness (QED) is 0.761. The largest absolute Gasteiger partial charge is 0.394 e. The van der Waals surface area contributed by atoms with E-state index in [9.17, 15) is 0 Å². The van der Waals surface area contributed by atoms with Gasteiger partial charge in [0.25, 0.3) is 0 Å². The normalized spacial score (nSPS) is 11.6. The average molecular weight is 295 g/mol. The summed E-state index contributed by atoms with van der Waals surface area (Å²) >= 11 is 0. The zero-order valence-corrected chi connectivity index (χ0v) is 14.7. The van der Waals surface area contributed by atoms with Gasteiger partial charge in [0.15, 0.2) is 5.82 Å². The van der Waals surface area contributed by atoms with Crippen LogP contribution in [0.2, 0.25) is 0 Å². The van der Waals surface area contributed by atoms with Crippen molar-refractivity contribution in [1.82, 2.24) is 14.7 Å². The molecule has 2 N–H and O–H groups in total. The van der Waals surface area contributed by atoms with Crippen LogP contribution in [0.5, 0.6) is 0 Å². The number of rotatable bonds is 9. The molecule has 122 valence electrons.